The maximum atomic E-state index is 5.48. The van der Waals surface area contributed by atoms with Gasteiger partial charge in [-0.3, -0.25) is 0 Å². The van der Waals surface area contributed by atoms with Crippen LogP contribution in [0.25, 0.3) is 0 Å². The first-order valence-corrected chi connectivity index (χ1v) is 6.49. The number of rotatable bonds is 11. The largest absolute Gasteiger partial charge is 0.381 e. The molecule has 0 aliphatic heterocycles. The van der Waals surface area contributed by atoms with Gasteiger partial charge in [-0.15, -0.1) is 0 Å². The van der Waals surface area contributed by atoms with Crippen molar-refractivity contribution >= 4 is 0 Å². The van der Waals surface area contributed by atoms with Crippen molar-refractivity contribution in [1.82, 2.24) is 5.32 Å². The molecule has 3 nitrogen and oxygen atoms in total. The van der Waals surface area contributed by atoms with E-state index in [1.807, 2.05) is 0 Å². The van der Waals surface area contributed by atoms with Gasteiger partial charge in [-0.05, 0) is 24.8 Å². The van der Waals surface area contributed by atoms with Crippen molar-refractivity contribution in [1.29, 1.82) is 0 Å². The molecular weight excluding hydrogens is 202 g/mol. The minimum Gasteiger partial charge on any atom is -0.381 e. The van der Waals surface area contributed by atoms with Gasteiger partial charge in [0.2, 0.25) is 0 Å². The molecule has 0 unspecified atom stereocenters. The van der Waals surface area contributed by atoms with Gasteiger partial charge in [0, 0.05) is 26.4 Å². The van der Waals surface area contributed by atoms with E-state index in [2.05, 4.69) is 33.0 Å². The molecule has 98 valence electrons. The van der Waals surface area contributed by atoms with Gasteiger partial charge in [-0.25, -0.2) is 0 Å². The monoisotopic (exact) mass is 231 g/mol. The second-order valence-corrected chi connectivity index (χ2v) is 5.04. The van der Waals surface area contributed by atoms with Crippen LogP contribution in [0, 0.1) is 11.8 Å². The van der Waals surface area contributed by atoms with Gasteiger partial charge < -0.3 is 14.8 Å². The Morgan fingerprint density at radius 1 is 0.812 bits per heavy atom. The first kappa shape index (κ1) is 15.9. The Hall–Kier alpha value is -0.120. The predicted octanol–water partition coefficient (Wildman–Crippen LogP) is 2.31. The van der Waals surface area contributed by atoms with E-state index < -0.39 is 0 Å². The number of ether oxygens (including phenoxy) is 2. The van der Waals surface area contributed by atoms with Crippen molar-refractivity contribution in [3.63, 3.8) is 0 Å². The van der Waals surface area contributed by atoms with Crippen LogP contribution in [0.1, 0.15) is 34.1 Å². The van der Waals surface area contributed by atoms with Gasteiger partial charge in [-0.2, -0.15) is 0 Å². The van der Waals surface area contributed by atoms with Gasteiger partial charge in [0.25, 0.3) is 0 Å². The summed E-state index contributed by atoms with van der Waals surface area (Å²) in [6.07, 6.45) is 1.08. The summed E-state index contributed by atoms with van der Waals surface area (Å²) < 4.78 is 10.9. The summed E-state index contributed by atoms with van der Waals surface area (Å²) in [6, 6.07) is 0. The Balaban J connectivity index is 2.93. The third-order valence-electron chi connectivity index (χ3n) is 1.97. The summed E-state index contributed by atoms with van der Waals surface area (Å²) in [5.41, 5.74) is 0. The van der Waals surface area contributed by atoms with Crippen LogP contribution < -0.4 is 5.32 Å². The van der Waals surface area contributed by atoms with Crippen LogP contribution in [0.3, 0.4) is 0 Å². The Morgan fingerprint density at radius 2 is 1.38 bits per heavy atom. The van der Waals surface area contributed by atoms with Gasteiger partial charge in [-0.1, -0.05) is 27.7 Å². The molecule has 1 N–H and O–H groups in total. The highest BCUT2D eigenvalue weighted by Crippen LogP contribution is 1.93. The molecule has 0 aromatic heterocycles. The van der Waals surface area contributed by atoms with Gasteiger partial charge in [0.1, 0.15) is 0 Å². The maximum Gasteiger partial charge on any atom is 0.0591 e. The maximum absolute atomic E-state index is 5.48. The SMILES string of the molecule is CC(C)COCCCNCCOCC(C)C. The third-order valence-corrected chi connectivity index (χ3v) is 1.97. The lowest BCUT2D eigenvalue weighted by Crippen LogP contribution is -2.22. The van der Waals surface area contributed by atoms with E-state index in [0.717, 1.165) is 45.9 Å². The van der Waals surface area contributed by atoms with E-state index in [0.29, 0.717) is 11.8 Å². The highest BCUT2D eigenvalue weighted by molar-refractivity contribution is 4.48. The average Bonchev–Trinajstić information content (AvgIpc) is 2.20. The molecule has 0 rings (SSSR count). The fourth-order valence-electron chi connectivity index (χ4n) is 1.21. The molecular formula is C13H29NO2. The van der Waals surface area contributed by atoms with Crippen LogP contribution >= 0.6 is 0 Å². The van der Waals surface area contributed by atoms with Crippen LogP contribution in [-0.4, -0.2) is 39.5 Å². The second kappa shape index (κ2) is 11.4. The summed E-state index contributed by atoms with van der Waals surface area (Å²) in [6.45, 7) is 14.0. The Bertz CT molecular complexity index is 122. The van der Waals surface area contributed by atoms with Crippen molar-refractivity contribution in [3.05, 3.63) is 0 Å². The minimum atomic E-state index is 0.629. The molecule has 0 aliphatic rings. The first-order valence-electron chi connectivity index (χ1n) is 6.49. The molecule has 0 aliphatic carbocycles. The van der Waals surface area contributed by atoms with Crippen LogP contribution in [0.5, 0.6) is 0 Å². The van der Waals surface area contributed by atoms with Crippen molar-refractivity contribution in [2.45, 2.75) is 34.1 Å². The van der Waals surface area contributed by atoms with Crippen LogP contribution in [0.15, 0.2) is 0 Å². The zero-order valence-electron chi connectivity index (χ0n) is 11.4. The Labute approximate surface area is 101 Å². The lowest BCUT2D eigenvalue weighted by atomic mass is 10.2. The minimum absolute atomic E-state index is 0.629. The van der Waals surface area contributed by atoms with Gasteiger partial charge in [0.05, 0.1) is 6.61 Å². The van der Waals surface area contributed by atoms with Crippen LogP contribution in [-0.2, 0) is 9.47 Å². The second-order valence-electron chi connectivity index (χ2n) is 5.04. The van der Waals surface area contributed by atoms with E-state index in [1.165, 1.54) is 0 Å². The van der Waals surface area contributed by atoms with E-state index in [9.17, 15) is 0 Å². The average molecular weight is 231 g/mol. The van der Waals surface area contributed by atoms with Crippen molar-refractivity contribution in [2.75, 3.05) is 39.5 Å². The molecule has 16 heavy (non-hydrogen) atoms. The quantitative estimate of drug-likeness (QED) is 0.554. The van der Waals surface area contributed by atoms with Crippen molar-refractivity contribution in [3.8, 4) is 0 Å². The summed E-state index contributed by atoms with van der Waals surface area (Å²) in [5.74, 6) is 1.27. The van der Waals surface area contributed by atoms with E-state index >= 15 is 0 Å². The van der Waals surface area contributed by atoms with Gasteiger partial charge in [0.15, 0.2) is 0 Å². The zero-order valence-corrected chi connectivity index (χ0v) is 11.4. The Morgan fingerprint density at radius 3 is 1.94 bits per heavy atom. The Kier molecular flexibility index (Phi) is 11.3. The highest BCUT2D eigenvalue weighted by Gasteiger charge is 1.95. The molecule has 0 aromatic rings. The molecule has 0 heterocycles. The number of hydrogen-bond donors (Lipinski definition) is 1. The zero-order chi connectivity index (χ0) is 12.2. The molecule has 0 aromatic carbocycles. The lowest BCUT2D eigenvalue weighted by molar-refractivity contribution is 0.102. The van der Waals surface area contributed by atoms with E-state index in [-0.39, 0.29) is 0 Å². The molecule has 0 amide bonds. The molecule has 0 saturated carbocycles. The smallest absolute Gasteiger partial charge is 0.0591 e. The molecule has 0 radical (unpaired) electrons. The van der Waals surface area contributed by atoms with E-state index in [1.54, 1.807) is 0 Å². The lowest BCUT2D eigenvalue weighted by Gasteiger charge is -2.09. The summed E-state index contributed by atoms with van der Waals surface area (Å²) in [7, 11) is 0. The van der Waals surface area contributed by atoms with Crippen LogP contribution in [0.4, 0.5) is 0 Å². The molecule has 0 spiro atoms. The fraction of sp³-hybridized carbons (Fsp3) is 1.00. The molecule has 0 saturated heterocycles. The molecule has 0 fully saturated rings. The third kappa shape index (κ3) is 13.9. The normalized spacial score (nSPS) is 11.6. The molecule has 0 bridgehead atoms. The van der Waals surface area contributed by atoms with Crippen LogP contribution in [0.2, 0.25) is 0 Å². The molecule has 0 atom stereocenters. The number of nitrogens with one attached hydrogen (secondary N) is 1. The topological polar surface area (TPSA) is 30.5 Å². The summed E-state index contributed by atoms with van der Waals surface area (Å²) in [4.78, 5) is 0. The summed E-state index contributed by atoms with van der Waals surface area (Å²) >= 11 is 0. The first-order chi connectivity index (χ1) is 7.63. The highest BCUT2D eigenvalue weighted by atomic mass is 16.5. The molecule has 3 heteroatoms. The van der Waals surface area contributed by atoms with Crippen molar-refractivity contribution in [2.24, 2.45) is 11.8 Å². The van der Waals surface area contributed by atoms with Gasteiger partial charge >= 0.3 is 0 Å². The standard InChI is InChI=1S/C13H29NO2/c1-12(2)10-15-8-5-6-14-7-9-16-11-13(3)4/h12-14H,5-11H2,1-4H3. The van der Waals surface area contributed by atoms with Crippen molar-refractivity contribution < 1.29 is 9.47 Å². The number of hydrogen-bond acceptors (Lipinski definition) is 3. The summed E-state index contributed by atoms with van der Waals surface area (Å²) in [5, 5.41) is 3.34. The fourth-order valence-corrected chi connectivity index (χ4v) is 1.21. The predicted molar refractivity (Wildman–Crippen MR) is 68.8 cm³/mol. The van der Waals surface area contributed by atoms with E-state index in [4.69, 9.17) is 9.47 Å².